The van der Waals surface area contributed by atoms with Crippen molar-refractivity contribution in [3.63, 3.8) is 0 Å². The zero-order valence-electron chi connectivity index (χ0n) is 13.7. The zero-order valence-corrected chi connectivity index (χ0v) is 13.7. The number of methoxy groups -OCH3 is 1. The van der Waals surface area contributed by atoms with Crippen molar-refractivity contribution in [3.8, 4) is 5.88 Å². The van der Waals surface area contributed by atoms with Crippen LogP contribution in [0.1, 0.15) is 5.56 Å². The molecule has 0 N–H and O–H groups in total. The Morgan fingerprint density at radius 1 is 1.17 bits per heavy atom. The maximum atomic E-state index is 10.9. The fourth-order valence-electron chi connectivity index (χ4n) is 2.82. The monoisotopic (exact) mass is 329 g/mol. The Kier molecular flexibility index (Phi) is 4.45. The van der Waals surface area contributed by atoms with Gasteiger partial charge in [-0.05, 0) is 19.1 Å². The van der Waals surface area contributed by atoms with Crippen molar-refractivity contribution < 1.29 is 9.66 Å². The van der Waals surface area contributed by atoms with Crippen molar-refractivity contribution in [2.45, 2.75) is 6.92 Å². The molecule has 0 aliphatic carbocycles. The number of hydrogen-bond acceptors (Lipinski definition) is 7. The van der Waals surface area contributed by atoms with Gasteiger partial charge < -0.3 is 14.5 Å². The number of piperazine rings is 1. The number of ether oxygens (including phenoxy) is 1. The first-order valence-corrected chi connectivity index (χ1v) is 7.69. The lowest BCUT2D eigenvalue weighted by Crippen LogP contribution is -2.46. The third kappa shape index (κ3) is 3.22. The maximum Gasteiger partial charge on any atom is 0.272 e. The molecule has 8 nitrogen and oxygen atoms in total. The van der Waals surface area contributed by atoms with Gasteiger partial charge in [0.1, 0.15) is 0 Å². The molecule has 1 aromatic carbocycles. The molecule has 0 radical (unpaired) electrons. The Morgan fingerprint density at radius 3 is 2.50 bits per heavy atom. The predicted molar refractivity (Wildman–Crippen MR) is 90.8 cm³/mol. The van der Waals surface area contributed by atoms with Gasteiger partial charge in [0, 0.05) is 43.5 Å². The van der Waals surface area contributed by atoms with Gasteiger partial charge in [-0.2, -0.15) is 4.98 Å². The van der Waals surface area contributed by atoms with Crippen molar-refractivity contribution in [2.24, 2.45) is 0 Å². The molecule has 1 aromatic heterocycles. The molecule has 0 bridgehead atoms. The SMILES string of the molecule is COc1cncc(N2CCN(c3ccc([N+](=O)[O-])c(C)c3)CC2)n1. The van der Waals surface area contributed by atoms with Gasteiger partial charge in [0.05, 0.1) is 24.4 Å². The third-order valence-electron chi connectivity index (χ3n) is 4.15. The smallest absolute Gasteiger partial charge is 0.272 e. The van der Waals surface area contributed by atoms with E-state index >= 15 is 0 Å². The molecule has 2 heterocycles. The fourth-order valence-corrected chi connectivity index (χ4v) is 2.82. The lowest BCUT2D eigenvalue weighted by molar-refractivity contribution is -0.385. The molecule has 3 rings (SSSR count). The molecular formula is C16H19N5O3. The van der Waals surface area contributed by atoms with Crippen LogP contribution in [0, 0.1) is 17.0 Å². The van der Waals surface area contributed by atoms with E-state index in [1.165, 1.54) is 0 Å². The lowest BCUT2D eigenvalue weighted by Gasteiger charge is -2.36. The summed E-state index contributed by atoms with van der Waals surface area (Å²) in [7, 11) is 1.57. The van der Waals surface area contributed by atoms with E-state index in [9.17, 15) is 10.1 Å². The molecule has 0 spiro atoms. The molecule has 8 heteroatoms. The van der Waals surface area contributed by atoms with Crippen LogP contribution in [-0.2, 0) is 0 Å². The van der Waals surface area contributed by atoms with Gasteiger partial charge in [0.2, 0.25) is 5.88 Å². The van der Waals surface area contributed by atoms with Crippen molar-refractivity contribution in [3.05, 3.63) is 46.3 Å². The van der Waals surface area contributed by atoms with Crippen molar-refractivity contribution in [1.82, 2.24) is 9.97 Å². The Morgan fingerprint density at radius 2 is 1.88 bits per heavy atom. The quantitative estimate of drug-likeness (QED) is 0.626. The topological polar surface area (TPSA) is 84.6 Å². The van der Waals surface area contributed by atoms with E-state index in [4.69, 9.17) is 4.74 Å². The summed E-state index contributed by atoms with van der Waals surface area (Å²) >= 11 is 0. The molecule has 24 heavy (non-hydrogen) atoms. The number of rotatable bonds is 4. The van der Waals surface area contributed by atoms with E-state index in [1.54, 1.807) is 32.5 Å². The Bertz CT molecular complexity index is 744. The molecule has 0 saturated carbocycles. The van der Waals surface area contributed by atoms with E-state index in [0.29, 0.717) is 11.4 Å². The van der Waals surface area contributed by atoms with Crippen molar-refractivity contribution in [1.29, 1.82) is 0 Å². The van der Waals surface area contributed by atoms with Gasteiger partial charge in [-0.15, -0.1) is 0 Å². The predicted octanol–water partition coefficient (Wildman–Crippen LogP) is 2.03. The lowest BCUT2D eigenvalue weighted by atomic mass is 10.1. The van der Waals surface area contributed by atoms with Gasteiger partial charge in [0.25, 0.3) is 5.69 Å². The Balaban J connectivity index is 1.68. The molecule has 2 aromatic rings. The largest absolute Gasteiger partial charge is 0.480 e. The van der Waals surface area contributed by atoms with Crippen LogP contribution < -0.4 is 14.5 Å². The molecule has 1 aliphatic heterocycles. The summed E-state index contributed by atoms with van der Waals surface area (Å²) in [4.78, 5) is 23.5. The normalized spacial score (nSPS) is 14.6. The highest BCUT2D eigenvalue weighted by atomic mass is 16.6. The average molecular weight is 329 g/mol. The van der Waals surface area contributed by atoms with E-state index in [2.05, 4.69) is 19.8 Å². The fraction of sp³-hybridized carbons (Fsp3) is 0.375. The minimum absolute atomic E-state index is 0.157. The van der Waals surface area contributed by atoms with Crippen LogP contribution >= 0.6 is 0 Å². The molecule has 0 atom stereocenters. The highest BCUT2D eigenvalue weighted by molar-refractivity contribution is 5.56. The van der Waals surface area contributed by atoms with E-state index in [1.807, 2.05) is 12.1 Å². The van der Waals surface area contributed by atoms with E-state index in [0.717, 1.165) is 37.7 Å². The number of nitrogens with zero attached hydrogens (tertiary/aromatic N) is 5. The van der Waals surface area contributed by atoms with Crippen molar-refractivity contribution >= 4 is 17.2 Å². The summed E-state index contributed by atoms with van der Waals surface area (Å²) in [6.07, 6.45) is 3.31. The zero-order chi connectivity index (χ0) is 17.1. The second-order valence-corrected chi connectivity index (χ2v) is 5.62. The van der Waals surface area contributed by atoms with Crippen LogP contribution in [0.5, 0.6) is 5.88 Å². The van der Waals surface area contributed by atoms with Gasteiger partial charge in [-0.3, -0.25) is 15.1 Å². The molecule has 0 amide bonds. The molecule has 1 aliphatic rings. The van der Waals surface area contributed by atoms with Crippen LogP contribution in [0.2, 0.25) is 0 Å². The van der Waals surface area contributed by atoms with Crippen LogP contribution in [0.15, 0.2) is 30.6 Å². The molecular weight excluding hydrogens is 310 g/mol. The van der Waals surface area contributed by atoms with Crippen molar-refractivity contribution in [2.75, 3.05) is 43.1 Å². The average Bonchev–Trinajstić information content (AvgIpc) is 2.61. The van der Waals surface area contributed by atoms with Crippen LogP contribution in [0.3, 0.4) is 0 Å². The summed E-state index contributed by atoms with van der Waals surface area (Å²) in [6, 6.07) is 5.26. The maximum absolute atomic E-state index is 10.9. The number of anilines is 2. The second-order valence-electron chi connectivity index (χ2n) is 5.62. The summed E-state index contributed by atoms with van der Waals surface area (Å²) in [6.45, 7) is 5.01. The molecule has 0 unspecified atom stereocenters. The molecule has 126 valence electrons. The first-order valence-electron chi connectivity index (χ1n) is 7.69. The summed E-state index contributed by atoms with van der Waals surface area (Å²) in [5, 5.41) is 10.9. The van der Waals surface area contributed by atoms with Gasteiger partial charge >= 0.3 is 0 Å². The van der Waals surface area contributed by atoms with E-state index < -0.39 is 0 Å². The molecule has 1 fully saturated rings. The number of aromatic nitrogens is 2. The first-order chi connectivity index (χ1) is 11.6. The summed E-state index contributed by atoms with van der Waals surface area (Å²) < 4.78 is 5.11. The van der Waals surface area contributed by atoms with Crippen LogP contribution in [-0.4, -0.2) is 48.2 Å². The number of aryl methyl sites for hydroxylation is 1. The first kappa shape index (κ1) is 16.0. The number of nitro benzene ring substituents is 1. The third-order valence-corrected chi connectivity index (χ3v) is 4.15. The van der Waals surface area contributed by atoms with Gasteiger partial charge in [-0.1, -0.05) is 0 Å². The second kappa shape index (κ2) is 6.69. The van der Waals surface area contributed by atoms with Crippen LogP contribution in [0.4, 0.5) is 17.2 Å². The van der Waals surface area contributed by atoms with Crippen LogP contribution in [0.25, 0.3) is 0 Å². The molecule has 1 saturated heterocycles. The minimum Gasteiger partial charge on any atom is -0.480 e. The number of nitro groups is 1. The standard InChI is InChI=1S/C16H19N5O3/c1-12-9-13(3-4-14(12)21(22)23)19-5-7-20(8-6-19)15-10-17-11-16(18-15)24-2/h3-4,9-11H,5-8H2,1-2H3. The minimum atomic E-state index is -0.349. The number of benzene rings is 1. The highest BCUT2D eigenvalue weighted by Crippen LogP contribution is 2.25. The summed E-state index contributed by atoms with van der Waals surface area (Å²) in [5.74, 6) is 1.30. The number of hydrogen-bond donors (Lipinski definition) is 0. The summed E-state index contributed by atoms with van der Waals surface area (Å²) in [5.41, 5.74) is 1.84. The highest BCUT2D eigenvalue weighted by Gasteiger charge is 2.20. The Labute approximate surface area is 139 Å². The van der Waals surface area contributed by atoms with E-state index in [-0.39, 0.29) is 10.6 Å². The van der Waals surface area contributed by atoms with Gasteiger partial charge in [-0.25, -0.2) is 0 Å². The van der Waals surface area contributed by atoms with Gasteiger partial charge in [0.15, 0.2) is 5.82 Å². The Hall–Kier alpha value is -2.90.